The topological polar surface area (TPSA) is 71.5 Å². The van der Waals surface area contributed by atoms with E-state index in [-0.39, 0.29) is 30.9 Å². The fourth-order valence-corrected chi connectivity index (χ4v) is 3.03. The van der Waals surface area contributed by atoms with Crippen molar-refractivity contribution in [1.29, 1.82) is 0 Å². The van der Waals surface area contributed by atoms with E-state index in [1.165, 1.54) is 11.3 Å². The van der Waals surface area contributed by atoms with Crippen LogP contribution in [0.2, 0.25) is 0 Å². The minimum Gasteiger partial charge on any atom is -0.496 e. The minimum atomic E-state index is -0.227. The Balaban J connectivity index is 2.06. The first-order valence-corrected chi connectivity index (χ1v) is 8.41. The Labute approximate surface area is 140 Å². The zero-order valence-corrected chi connectivity index (χ0v) is 14.4. The zero-order valence-electron chi connectivity index (χ0n) is 13.6. The summed E-state index contributed by atoms with van der Waals surface area (Å²) in [5.74, 6) is 0.816. The standard InChI is InChI=1S/C17H22N2O3S/c1-11(2)14(9-20)19-16(21)8-12-10-23-17(18-12)13-6-4-5-7-15(13)22-3/h4-7,10-11,14,20H,8-9H2,1-3H3,(H,19,21)/t14-/m0/s1. The second-order valence-corrected chi connectivity index (χ2v) is 6.48. The number of thiazole rings is 1. The Morgan fingerprint density at radius 1 is 1.39 bits per heavy atom. The lowest BCUT2D eigenvalue weighted by molar-refractivity contribution is -0.121. The molecule has 0 unspecified atom stereocenters. The number of aromatic nitrogens is 1. The van der Waals surface area contributed by atoms with Gasteiger partial charge in [0.15, 0.2) is 0 Å². The van der Waals surface area contributed by atoms with Gasteiger partial charge in [-0.2, -0.15) is 0 Å². The maximum absolute atomic E-state index is 12.1. The molecule has 1 atom stereocenters. The van der Waals surface area contributed by atoms with E-state index in [0.717, 1.165) is 16.3 Å². The Kier molecular flexibility index (Phi) is 6.12. The van der Waals surface area contributed by atoms with Crippen molar-refractivity contribution in [2.24, 2.45) is 5.92 Å². The summed E-state index contributed by atoms with van der Waals surface area (Å²) in [6.45, 7) is 3.86. The molecule has 0 fully saturated rings. The van der Waals surface area contributed by atoms with Crippen molar-refractivity contribution in [3.8, 4) is 16.3 Å². The molecule has 1 aromatic heterocycles. The second kappa shape index (κ2) is 8.08. The van der Waals surface area contributed by atoms with Crippen molar-refractivity contribution in [2.75, 3.05) is 13.7 Å². The SMILES string of the molecule is COc1ccccc1-c1nc(CC(=O)N[C@@H](CO)C(C)C)cs1. The number of hydrogen-bond donors (Lipinski definition) is 2. The first-order chi connectivity index (χ1) is 11.0. The van der Waals surface area contributed by atoms with Crippen LogP contribution in [0.1, 0.15) is 19.5 Å². The van der Waals surface area contributed by atoms with Crippen molar-refractivity contribution >= 4 is 17.2 Å². The fraction of sp³-hybridized carbons (Fsp3) is 0.412. The Morgan fingerprint density at radius 2 is 2.13 bits per heavy atom. The van der Waals surface area contributed by atoms with Crippen LogP contribution in [-0.4, -0.2) is 35.8 Å². The van der Waals surface area contributed by atoms with Crippen molar-refractivity contribution in [2.45, 2.75) is 26.3 Å². The van der Waals surface area contributed by atoms with Gasteiger partial charge in [-0.25, -0.2) is 4.98 Å². The Morgan fingerprint density at radius 3 is 2.78 bits per heavy atom. The van der Waals surface area contributed by atoms with Gasteiger partial charge in [0.25, 0.3) is 0 Å². The predicted molar refractivity (Wildman–Crippen MR) is 91.7 cm³/mol. The van der Waals surface area contributed by atoms with Crippen molar-refractivity contribution in [3.63, 3.8) is 0 Å². The number of carbonyl (C=O) groups excluding carboxylic acids is 1. The Hall–Kier alpha value is -1.92. The van der Waals surface area contributed by atoms with Crippen LogP contribution in [0.4, 0.5) is 0 Å². The molecule has 0 radical (unpaired) electrons. The number of ether oxygens (including phenoxy) is 1. The van der Waals surface area contributed by atoms with Gasteiger partial charge in [0, 0.05) is 5.38 Å². The summed E-state index contributed by atoms with van der Waals surface area (Å²) in [6.07, 6.45) is 0.203. The number of carbonyl (C=O) groups is 1. The van der Waals surface area contributed by atoms with E-state index >= 15 is 0 Å². The van der Waals surface area contributed by atoms with Crippen molar-refractivity contribution < 1.29 is 14.6 Å². The van der Waals surface area contributed by atoms with Gasteiger partial charge in [-0.3, -0.25) is 4.79 Å². The highest BCUT2D eigenvalue weighted by Gasteiger charge is 2.17. The fourth-order valence-electron chi connectivity index (χ4n) is 2.18. The van der Waals surface area contributed by atoms with E-state index in [9.17, 15) is 9.90 Å². The van der Waals surface area contributed by atoms with E-state index in [1.54, 1.807) is 7.11 Å². The van der Waals surface area contributed by atoms with Gasteiger partial charge in [0.1, 0.15) is 10.8 Å². The molecule has 2 aromatic rings. The van der Waals surface area contributed by atoms with Gasteiger partial charge >= 0.3 is 0 Å². The van der Waals surface area contributed by atoms with E-state index in [0.29, 0.717) is 5.69 Å². The molecule has 0 saturated carbocycles. The number of para-hydroxylation sites is 1. The molecular weight excluding hydrogens is 312 g/mol. The molecule has 0 aliphatic carbocycles. The molecule has 0 aliphatic heterocycles. The molecule has 0 spiro atoms. The van der Waals surface area contributed by atoms with Gasteiger partial charge in [-0.1, -0.05) is 26.0 Å². The van der Waals surface area contributed by atoms with Gasteiger partial charge in [0.05, 0.1) is 37.4 Å². The summed E-state index contributed by atoms with van der Waals surface area (Å²) < 4.78 is 5.34. The molecule has 1 amide bonds. The third-order valence-corrected chi connectivity index (χ3v) is 4.50. The van der Waals surface area contributed by atoms with Gasteiger partial charge < -0.3 is 15.2 Å². The molecule has 2 N–H and O–H groups in total. The number of benzene rings is 1. The van der Waals surface area contributed by atoms with Crippen LogP contribution in [0.25, 0.3) is 10.6 Å². The number of aliphatic hydroxyl groups is 1. The lowest BCUT2D eigenvalue weighted by Gasteiger charge is -2.19. The Bertz CT molecular complexity index is 655. The van der Waals surface area contributed by atoms with E-state index < -0.39 is 0 Å². The number of aliphatic hydroxyl groups excluding tert-OH is 1. The van der Waals surface area contributed by atoms with Crippen molar-refractivity contribution in [3.05, 3.63) is 35.3 Å². The summed E-state index contributed by atoms with van der Waals surface area (Å²) in [5, 5.41) is 14.8. The summed E-state index contributed by atoms with van der Waals surface area (Å²) in [4.78, 5) is 16.6. The third-order valence-electron chi connectivity index (χ3n) is 3.58. The van der Waals surface area contributed by atoms with Crippen LogP contribution >= 0.6 is 11.3 Å². The van der Waals surface area contributed by atoms with Crippen LogP contribution < -0.4 is 10.1 Å². The average molecular weight is 334 g/mol. The number of nitrogens with one attached hydrogen (secondary N) is 1. The molecule has 23 heavy (non-hydrogen) atoms. The van der Waals surface area contributed by atoms with E-state index in [4.69, 9.17) is 4.74 Å². The summed E-state index contributed by atoms with van der Waals surface area (Å²) in [5.41, 5.74) is 1.64. The number of rotatable bonds is 7. The highest BCUT2D eigenvalue weighted by Crippen LogP contribution is 2.31. The maximum atomic E-state index is 12.1. The quantitative estimate of drug-likeness (QED) is 0.816. The van der Waals surface area contributed by atoms with Crippen LogP contribution in [0.15, 0.2) is 29.6 Å². The molecule has 0 saturated heterocycles. The average Bonchev–Trinajstić information content (AvgIpc) is 3.00. The molecule has 0 aliphatic rings. The lowest BCUT2D eigenvalue weighted by Crippen LogP contribution is -2.41. The van der Waals surface area contributed by atoms with Crippen LogP contribution in [0, 0.1) is 5.92 Å². The molecule has 2 rings (SSSR count). The first kappa shape index (κ1) is 17.4. The second-order valence-electron chi connectivity index (χ2n) is 5.62. The molecule has 0 bridgehead atoms. The lowest BCUT2D eigenvalue weighted by atomic mass is 10.1. The largest absolute Gasteiger partial charge is 0.496 e. The number of nitrogens with zero attached hydrogens (tertiary/aromatic N) is 1. The molecule has 6 heteroatoms. The summed E-state index contributed by atoms with van der Waals surface area (Å²) in [6, 6.07) is 7.44. The van der Waals surface area contributed by atoms with Crippen LogP contribution in [-0.2, 0) is 11.2 Å². The van der Waals surface area contributed by atoms with Crippen LogP contribution in [0.5, 0.6) is 5.75 Å². The minimum absolute atomic E-state index is 0.0626. The molecule has 1 aromatic carbocycles. The highest BCUT2D eigenvalue weighted by atomic mass is 32.1. The van der Waals surface area contributed by atoms with E-state index in [1.807, 2.05) is 43.5 Å². The maximum Gasteiger partial charge on any atom is 0.226 e. The molecule has 124 valence electrons. The van der Waals surface area contributed by atoms with Crippen molar-refractivity contribution in [1.82, 2.24) is 10.3 Å². The first-order valence-electron chi connectivity index (χ1n) is 7.53. The number of amides is 1. The molecule has 1 heterocycles. The van der Waals surface area contributed by atoms with Gasteiger partial charge in [0.2, 0.25) is 5.91 Å². The highest BCUT2D eigenvalue weighted by molar-refractivity contribution is 7.13. The zero-order chi connectivity index (χ0) is 16.8. The summed E-state index contributed by atoms with van der Waals surface area (Å²) >= 11 is 1.48. The number of methoxy groups -OCH3 is 1. The predicted octanol–water partition coefficient (Wildman–Crippen LogP) is 2.49. The third kappa shape index (κ3) is 4.53. The normalized spacial score (nSPS) is 12.2. The molecule has 5 nitrogen and oxygen atoms in total. The van der Waals surface area contributed by atoms with Gasteiger partial charge in [-0.05, 0) is 18.1 Å². The smallest absolute Gasteiger partial charge is 0.226 e. The van der Waals surface area contributed by atoms with E-state index in [2.05, 4.69) is 10.3 Å². The van der Waals surface area contributed by atoms with Crippen LogP contribution in [0.3, 0.4) is 0 Å². The monoisotopic (exact) mass is 334 g/mol. The number of hydrogen-bond acceptors (Lipinski definition) is 5. The summed E-state index contributed by atoms with van der Waals surface area (Å²) in [7, 11) is 1.63. The van der Waals surface area contributed by atoms with Gasteiger partial charge in [-0.15, -0.1) is 11.3 Å². The molecular formula is C17H22N2O3S.